The molecule has 0 aliphatic heterocycles. The first-order valence-electron chi connectivity index (χ1n) is 6.54. The van der Waals surface area contributed by atoms with Crippen LogP contribution in [0.3, 0.4) is 0 Å². The molecule has 0 aromatic heterocycles. The number of rotatable bonds is 5. The van der Waals surface area contributed by atoms with Crippen molar-refractivity contribution in [3.63, 3.8) is 0 Å². The molecule has 1 nitrogen and oxygen atoms in total. The minimum Gasteiger partial charge on any atom is -0.414 e. The monoisotopic (exact) mass is 268 g/mol. The van der Waals surface area contributed by atoms with E-state index in [-0.39, 0.29) is 5.92 Å². The van der Waals surface area contributed by atoms with E-state index in [1.165, 1.54) is 5.56 Å². The SMILES string of the molecule is C=CC(O[SiH3])(c1ccccc1)C(C)c1ccccc1. The summed E-state index contributed by atoms with van der Waals surface area (Å²) in [5.74, 6) is 0.228. The zero-order valence-electron chi connectivity index (χ0n) is 11.5. The molecule has 2 aromatic rings. The van der Waals surface area contributed by atoms with Crippen molar-refractivity contribution in [2.24, 2.45) is 0 Å². The van der Waals surface area contributed by atoms with Gasteiger partial charge < -0.3 is 4.43 Å². The quantitative estimate of drug-likeness (QED) is 0.598. The zero-order chi connectivity index (χ0) is 13.7. The second kappa shape index (κ2) is 6.00. The predicted molar refractivity (Wildman–Crippen MR) is 84.2 cm³/mol. The molecule has 19 heavy (non-hydrogen) atoms. The van der Waals surface area contributed by atoms with E-state index >= 15 is 0 Å². The standard InChI is InChI=1S/C17H20OSi/c1-3-17(18-19,16-12-8-5-9-13-16)14(2)15-10-6-4-7-11-15/h3-14H,1H2,2,19H3. The summed E-state index contributed by atoms with van der Waals surface area (Å²) in [5, 5.41) is 0. The lowest BCUT2D eigenvalue weighted by atomic mass is 9.78. The van der Waals surface area contributed by atoms with Crippen LogP contribution in [0.25, 0.3) is 0 Å². The number of hydrogen-bond acceptors (Lipinski definition) is 1. The van der Waals surface area contributed by atoms with Gasteiger partial charge in [-0.05, 0) is 11.1 Å². The third-order valence-corrected chi connectivity index (χ3v) is 4.48. The second-order valence-corrected chi connectivity index (χ2v) is 5.11. The maximum atomic E-state index is 6.01. The van der Waals surface area contributed by atoms with Gasteiger partial charge in [-0.3, -0.25) is 0 Å². The van der Waals surface area contributed by atoms with Crippen molar-refractivity contribution >= 4 is 10.5 Å². The average Bonchev–Trinajstić information content (AvgIpc) is 2.51. The molecule has 0 amide bonds. The molecule has 0 bridgehead atoms. The summed E-state index contributed by atoms with van der Waals surface area (Å²) < 4.78 is 6.01. The lowest BCUT2D eigenvalue weighted by molar-refractivity contribution is 0.106. The van der Waals surface area contributed by atoms with Gasteiger partial charge in [0.15, 0.2) is 0 Å². The Bertz CT molecular complexity index is 523. The molecule has 0 saturated carbocycles. The summed E-state index contributed by atoms with van der Waals surface area (Å²) in [7, 11) is 0.668. The molecule has 2 unspecified atom stereocenters. The zero-order valence-corrected chi connectivity index (χ0v) is 13.5. The first-order chi connectivity index (χ1) is 9.24. The van der Waals surface area contributed by atoms with Crippen LogP contribution >= 0.6 is 0 Å². The molecular weight excluding hydrogens is 248 g/mol. The van der Waals surface area contributed by atoms with Crippen molar-refractivity contribution in [2.45, 2.75) is 18.4 Å². The Morgan fingerprint density at radius 2 is 1.58 bits per heavy atom. The Kier molecular flexibility index (Phi) is 4.35. The largest absolute Gasteiger partial charge is 0.414 e. The Morgan fingerprint density at radius 1 is 1.05 bits per heavy atom. The van der Waals surface area contributed by atoms with Gasteiger partial charge in [-0.15, -0.1) is 0 Å². The topological polar surface area (TPSA) is 9.23 Å². The molecule has 0 fully saturated rings. The third kappa shape index (κ3) is 2.55. The highest BCUT2D eigenvalue weighted by atomic mass is 28.2. The van der Waals surface area contributed by atoms with E-state index in [2.05, 4.69) is 49.9 Å². The highest BCUT2D eigenvalue weighted by Crippen LogP contribution is 2.40. The smallest absolute Gasteiger partial charge is 0.147 e. The van der Waals surface area contributed by atoms with Crippen molar-refractivity contribution in [1.82, 2.24) is 0 Å². The summed E-state index contributed by atoms with van der Waals surface area (Å²) >= 11 is 0. The third-order valence-electron chi connectivity index (χ3n) is 3.81. The van der Waals surface area contributed by atoms with Crippen molar-refractivity contribution in [1.29, 1.82) is 0 Å². The van der Waals surface area contributed by atoms with Gasteiger partial charge in [0, 0.05) is 5.92 Å². The molecule has 0 radical (unpaired) electrons. The fraction of sp³-hybridized carbons (Fsp3) is 0.176. The Labute approximate surface area is 118 Å². The van der Waals surface area contributed by atoms with Crippen LogP contribution in [0.15, 0.2) is 73.3 Å². The highest BCUT2D eigenvalue weighted by Gasteiger charge is 2.35. The van der Waals surface area contributed by atoms with Crippen molar-refractivity contribution in [3.05, 3.63) is 84.4 Å². The minimum absolute atomic E-state index is 0.228. The van der Waals surface area contributed by atoms with Crippen molar-refractivity contribution in [3.8, 4) is 0 Å². The van der Waals surface area contributed by atoms with Crippen LogP contribution in [-0.2, 0) is 10.0 Å². The van der Waals surface area contributed by atoms with E-state index in [1.807, 2.05) is 30.3 Å². The van der Waals surface area contributed by atoms with E-state index < -0.39 is 5.60 Å². The summed E-state index contributed by atoms with van der Waals surface area (Å²) in [4.78, 5) is 0. The average molecular weight is 268 g/mol. The fourth-order valence-corrected chi connectivity index (χ4v) is 3.37. The van der Waals surface area contributed by atoms with Gasteiger partial charge in [0.05, 0.1) is 0 Å². The van der Waals surface area contributed by atoms with E-state index in [0.29, 0.717) is 10.5 Å². The maximum absolute atomic E-state index is 6.01. The molecule has 2 aromatic carbocycles. The summed E-state index contributed by atoms with van der Waals surface area (Å²) in [6, 6.07) is 20.8. The number of hydrogen-bond donors (Lipinski definition) is 0. The van der Waals surface area contributed by atoms with Crippen LogP contribution < -0.4 is 0 Å². The van der Waals surface area contributed by atoms with Crippen LogP contribution in [0.2, 0.25) is 0 Å². The maximum Gasteiger partial charge on any atom is 0.147 e. The van der Waals surface area contributed by atoms with E-state index in [1.54, 1.807) is 0 Å². The summed E-state index contributed by atoms with van der Waals surface area (Å²) in [5.41, 5.74) is 1.99. The molecule has 0 heterocycles. The van der Waals surface area contributed by atoms with Gasteiger partial charge >= 0.3 is 0 Å². The van der Waals surface area contributed by atoms with Gasteiger partial charge in [-0.1, -0.05) is 80.2 Å². The molecule has 2 heteroatoms. The first kappa shape index (κ1) is 13.8. The van der Waals surface area contributed by atoms with Gasteiger partial charge in [-0.2, -0.15) is 0 Å². The minimum atomic E-state index is -0.436. The fourth-order valence-electron chi connectivity index (χ4n) is 2.61. The lowest BCUT2D eigenvalue weighted by Gasteiger charge is -2.37. The van der Waals surface area contributed by atoms with Gasteiger partial charge in [0.1, 0.15) is 16.1 Å². The second-order valence-electron chi connectivity index (χ2n) is 4.70. The lowest BCUT2D eigenvalue weighted by Crippen LogP contribution is -2.32. The molecular formula is C17H20OSi. The first-order valence-corrected chi connectivity index (χ1v) is 7.35. The summed E-state index contributed by atoms with van der Waals surface area (Å²) in [6.07, 6.45) is 1.94. The van der Waals surface area contributed by atoms with Crippen LogP contribution in [0.4, 0.5) is 0 Å². The molecule has 98 valence electrons. The van der Waals surface area contributed by atoms with Crippen molar-refractivity contribution < 1.29 is 4.43 Å². The van der Waals surface area contributed by atoms with Crippen LogP contribution in [0, 0.1) is 0 Å². The molecule has 0 aliphatic carbocycles. The van der Waals surface area contributed by atoms with Gasteiger partial charge in [0.2, 0.25) is 0 Å². The predicted octanol–water partition coefficient (Wildman–Crippen LogP) is 3.17. The van der Waals surface area contributed by atoms with Crippen LogP contribution in [-0.4, -0.2) is 10.5 Å². The Hall–Kier alpha value is -1.64. The molecule has 0 spiro atoms. The Balaban J connectivity index is 2.49. The highest BCUT2D eigenvalue weighted by molar-refractivity contribution is 5.98. The van der Waals surface area contributed by atoms with Crippen LogP contribution in [0.1, 0.15) is 24.0 Å². The van der Waals surface area contributed by atoms with Gasteiger partial charge in [-0.25, -0.2) is 0 Å². The molecule has 0 saturated heterocycles. The molecule has 0 N–H and O–H groups in total. The van der Waals surface area contributed by atoms with E-state index in [9.17, 15) is 0 Å². The van der Waals surface area contributed by atoms with Crippen molar-refractivity contribution in [2.75, 3.05) is 0 Å². The summed E-state index contributed by atoms with van der Waals surface area (Å²) in [6.45, 7) is 6.22. The van der Waals surface area contributed by atoms with E-state index in [0.717, 1.165) is 5.56 Å². The molecule has 2 rings (SSSR count). The Morgan fingerprint density at radius 3 is 2.05 bits per heavy atom. The van der Waals surface area contributed by atoms with Gasteiger partial charge in [0.25, 0.3) is 0 Å². The number of benzene rings is 2. The normalized spacial score (nSPS) is 15.6. The van der Waals surface area contributed by atoms with Crippen LogP contribution in [0.5, 0.6) is 0 Å². The molecule has 0 aliphatic rings. The molecule has 2 atom stereocenters. The van der Waals surface area contributed by atoms with E-state index in [4.69, 9.17) is 4.43 Å².